The maximum atomic E-state index is 12.9. The second-order valence-electron chi connectivity index (χ2n) is 9.08. The molecular formula is C26H26BrCl2N3O5. The van der Waals surface area contributed by atoms with Crippen molar-refractivity contribution in [1.82, 2.24) is 10.3 Å². The zero-order valence-corrected chi connectivity index (χ0v) is 23.0. The number of pyridine rings is 1. The van der Waals surface area contributed by atoms with Crippen molar-refractivity contribution in [2.24, 2.45) is 5.41 Å². The number of hydrogen-bond acceptors (Lipinski definition) is 7. The lowest BCUT2D eigenvalue weighted by molar-refractivity contribution is -0.147. The number of halogens is 3. The number of esters is 1. The molecule has 37 heavy (non-hydrogen) atoms. The Bertz CT molecular complexity index is 1210. The third kappa shape index (κ3) is 5.85. The fraction of sp³-hybridized carbons (Fsp3) is 0.385. The molecule has 0 radical (unpaired) electrons. The van der Waals surface area contributed by atoms with Gasteiger partial charge in [0.25, 0.3) is 5.91 Å². The van der Waals surface area contributed by atoms with Crippen LogP contribution in [0.25, 0.3) is 0 Å². The van der Waals surface area contributed by atoms with Gasteiger partial charge in [-0.25, -0.2) is 4.79 Å². The van der Waals surface area contributed by atoms with E-state index in [0.717, 1.165) is 43.4 Å². The van der Waals surface area contributed by atoms with E-state index in [4.69, 9.17) is 33.0 Å². The zero-order chi connectivity index (χ0) is 26.6. The number of Topliss-reactive ketones (excluding diaryl/α,β-unsaturated/α-hetero) is 1. The molecule has 0 aliphatic heterocycles. The highest BCUT2D eigenvalue weighted by Crippen LogP contribution is 2.53. The molecule has 2 aliphatic carbocycles. The van der Waals surface area contributed by atoms with E-state index in [1.165, 1.54) is 12.4 Å². The Labute approximate surface area is 232 Å². The van der Waals surface area contributed by atoms with Crippen LogP contribution in [0.3, 0.4) is 0 Å². The van der Waals surface area contributed by atoms with Crippen LogP contribution in [0.4, 0.5) is 5.69 Å². The van der Waals surface area contributed by atoms with Gasteiger partial charge in [0.1, 0.15) is 12.6 Å². The summed E-state index contributed by atoms with van der Waals surface area (Å²) in [6, 6.07) is 6.21. The standard InChI is InChI=1S/C26H26BrCl2N3O5/c27-21-22(26(23(21)34)8-2-1-3-9-26)32-19(25(36)37-11-10-33)12-15-4-6-16(7-5-15)31-24(35)20-17(28)13-30-14-18(20)29/h4-7,13-14,19,32-33H,1-3,8-12H2,(H,31,35). The van der Waals surface area contributed by atoms with Gasteiger partial charge >= 0.3 is 5.97 Å². The molecule has 1 fully saturated rings. The van der Waals surface area contributed by atoms with Crippen LogP contribution in [0.15, 0.2) is 46.8 Å². The zero-order valence-electron chi connectivity index (χ0n) is 19.9. The van der Waals surface area contributed by atoms with Gasteiger partial charge < -0.3 is 20.5 Å². The number of benzene rings is 1. The minimum absolute atomic E-state index is 0.0756. The summed E-state index contributed by atoms with van der Waals surface area (Å²) in [4.78, 5) is 42.1. The Balaban J connectivity index is 1.49. The number of carbonyl (C=O) groups is 3. The predicted molar refractivity (Wildman–Crippen MR) is 144 cm³/mol. The van der Waals surface area contributed by atoms with Crippen LogP contribution in [-0.4, -0.2) is 47.0 Å². The second-order valence-corrected chi connectivity index (χ2v) is 10.7. The molecule has 4 rings (SSSR count). The molecular weight excluding hydrogens is 585 g/mol. The van der Waals surface area contributed by atoms with Crippen molar-refractivity contribution in [2.75, 3.05) is 18.5 Å². The molecule has 3 N–H and O–H groups in total. The molecule has 1 atom stereocenters. The van der Waals surface area contributed by atoms with Crippen LogP contribution in [0.1, 0.15) is 48.0 Å². The number of allylic oxidation sites excluding steroid dienone is 2. The van der Waals surface area contributed by atoms with Gasteiger partial charge in [-0.1, -0.05) is 54.6 Å². The van der Waals surface area contributed by atoms with Crippen LogP contribution >= 0.6 is 39.1 Å². The number of nitrogens with zero attached hydrogens (tertiary/aromatic N) is 1. The minimum Gasteiger partial charge on any atom is -0.462 e. The highest BCUT2D eigenvalue weighted by atomic mass is 79.9. The minimum atomic E-state index is -0.768. The fourth-order valence-corrected chi connectivity index (χ4v) is 6.22. The molecule has 0 bridgehead atoms. The van der Waals surface area contributed by atoms with E-state index in [1.54, 1.807) is 24.3 Å². The Kier molecular flexibility index (Phi) is 8.90. The largest absolute Gasteiger partial charge is 0.462 e. The lowest BCUT2D eigenvalue weighted by atomic mass is 9.62. The van der Waals surface area contributed by atoms with Crippen molar-refractivity contribution < 1.29 is 24.2 Å². The predicted octanol–water partition coefficient (Wildman–Crippen LogP) is 4.82. The molecule has 1 amide bonds. The van der Waals surface area contributed by atoms with Gasteiger partial charge in [-0.05, 0) is 46.5 Å². The first-order chi connectivity index (χ1) is 17.8. The van der Waals surface area contributed by atoms with Crippen molar-refractivity contribution in [3.63, 3.8) is 0 Å². The van der Waals surface area contributed by atoms with E-state index in [2.05, 4.69) is 31.5 Å². The summed E-state index contributed by atoms with van der Waals surface area (Å²) in [5, 5.41) is 15.4. The quantitative estimate of drug-likeness (QED) is 0.349. The van der Waals surface area contributed by atoms with E-state index < -0.39 is 23.3 Å². The lowest BCUT2D eigenvalue weighted by Gasteiger charge is -2.46. The van der Waals surface area contributed by atoms with Crippen molar-refractivity contribution in [3.8, 4) is 0 Å². The van der Waals surface area contributed by atoms with Crippen molar-refractivity contribution in [3.05, 3.63) is 68.0 Å². The topological polar surface area (TPSA) is 118 Å². The summed E-state index contributed by atoms with van der Waals surface area (Å²) in [6.45, 7) is -0.403. The van der Waals surface area contributed by atoms with Gasteiger partial charge in [-0.15, -0.1) is 0 Å². The molecule has 1 spiro atoms. The second kappa shape index (κ2) is 11.9. The number of hydrogen-bond donors (Lipinski definition) is 3. The van der Waals surface area contributed by atoms with E-state index in [0.29, 0.717) is 10.2 Å². The number of ketones is 1. The van der Waals surface area contributed by atoms with Crippen LogP contribution in [0.2, 0.25) is 10.0 Å². The number of rotatable bonds is 9. The first-order valence-electron chi connectivity index (χ1n) is 11.9. The number of aliphatic hydroxyl groups excluding tert-OH is 1. The number of aliphatic hydroxyl groups is 1. The molecule has 1 aromatic carbocycles. The summed E-state index contributed by atoms with van der Waals surface area (Å²) < 4.78 is 5.69. The normalized spacial score (nSPS) is 17.2. The van der Waals surface area contributed by atoms with E-state index in [9.17, 15) is 14.4 Å². The molecule has 8 nitrogen and oxygen atoms in total. The number of ether oxygens (including phenoxy) is 1. The van der Waals surface area contributed by atoms with E-state index >= 15 is 0 Å². The number of carbonyl (C=O) groups excluding carboxylic acids is 3. The van der Waals surface area contributed by atoms with Crippen molar-refractivity contribution in [2.45, 2.75) is 44.6 Å². The lowest BCUT2D eigenvalue weighted by Crippen LogP contribution is -2.53. The average Bonchev–Trinajstić information content (AvgIpc) is 2.90. The van der Waals surface area contributed by atoms with Crippen molar-refractivity contribution >= 4 is 62.5 Å². The summed E-state index contributed by atoms with van der Waals surface area (Å²) >= 11 is 15.5. The molecule has 11 heteroatoms. The van der Waals surface area contributed by atoms with Crippen molar-refractivity contribution in [1.29, 1.82) is 0 Å². The molecule has 1 aromatic heterocycles. The molecule has 0 saturated heterocycles. The number of nitrogens with one attached hydrogen (secondary N) is 2. The third-order valence-corrected chi connectivity index (χ3v) is 8.04. The van der Waals surface area contributed by atoms with Gasteiger partial charge in [0.15, 0.2) is 5.78 Å². The molecule has 1 heterocycles. The molecule has 1 saturated carbocycles. The van der Waals surface area contributed by atoms with E-state index in [1.807, 2.05) is 0 Å². The number of anilines is 1. The molecule has 1 unspecified atom stereocenters. The van der Waals surface area contributed by atoms with Gasteiger partial charge in [0, 0.05) is 30.2 Å². The molecule has 196 valence electrons. The smallest absolute Gasteiger partial charge is 0.328 e. The van der Waals surface area contributed by atoms with Gasteiger partial charge in [-0.3, -0.25) is 14.6 Å². The van der Waals surface area contributed by atoms with Gasteiger partial charge in [0.2, 0.25) is 0 Å². The van der Waals surface area contributed by atoms with Gasteiger partial charge in [-0.2, -0.15) is 0 Å². The Morgan fingerprint density at radius 2 is 1.76 bits per heavy atom. The number of amides is 1. The van der Waals surface area contributed by atoms with Crippen LogP contribution in [0.5, 0.6) is 0 Å². The third-order valence-electron chi connectivity index (χ3n) is 6.71. The van der Waals surface area contributed by atoms with Crippen LogP contribution < -0.4 is 10.6 Å². The maximum Gasteiger partial charge on any atom is 0.328 e. The molecule has 2 aromatic rings. The summed E-state index contributed by atoms with van der Waals surface area (Å²) in [5.74, 6) is -0.917. The SMILES string of the molecule is O=C(Nc1ccc(CC(NC2=C(Br)C(=O)C23CCCCC3)C(=O)OCCO)cc1)c1c(Cl)cncc1Cl. The number of aromatic nitrogens is 1. The summed E-state index contributed by atoms with van der Waals surface area (Å²) in [7, 11) is 0. The van der Waals surface area contributed by atoms with Crippen LogP contribution in [0, 0.1) is 5.41 Å². The average molecular weight is 611 g/mol. The Morgan fingerprint density at radius 3 is 2.38 bits per heavy atom. The Morgan fingerprint density at radius 1 is 1.11 bits per heavy atom. The van der Waals surface area contributed by atoms with E-state index in [-0.39, 0.29) is 41.0 Å². The highest BCUT2D eigenvalue weighted by Gasteiger charge is 2.53. The summed E-state index contributed by atoms with van der Waals surface area (Å²) in [6.07, 6.45) is 7.46. The summed E-state index contributed by atoms with van der Waals surface area (Å²) in [5.41, 5.74) is 1.62. The first-order valence-corrected chi connectivity index (χ1v) is 13.5. The maximum absolute atomic E-state index is 12.9. The monoisotopic (exact) mass is 609 g/mol. The first kappa shape index (κ1) is 27.6. The fourth-order valence-electron chi connectivity index (χ4n) is 4.81. The van der Waals surface area contributed by atoms with Crippen LogP contribution in [-0.2, 0) is 20.7 Å². The van der Waals surface area contributed by atoms with Gasteiger partial charge in [0.05, 0.1) is 32.1 Å². The molecule has 2 aliphatic rings. The Hall–Kier alpha value is -2.46. The highest BCUT2D eigenvalue weighted by molar-refractivity contribution is 9.12.